The van der Waals surface area contributed by atoms with Crippen molar-refractivity contribution in [3.63, 3.8) is 0 Å². The molecule has 182 valence electrons. The lowest BCUT2D eigenvalue weighted by molar-refractivity contribution is 0.521. The lowest BCUT2D eigenvalue weighted by Crippen LogP contribution is -2.22. The number of nitrogens with zero attached hydrogens (tertiary/aromatic N) is 5. The maximum absolute atomic E-state index is 13.0. The highest BCUT2D eigenvalue weighted by Gasteiger charge is 2.22. The lowest BCUT2D eigenvalue weighted by Gasteiger charge is -2.17. The standard InChI is InChI=1S/C26H25N7O2S/c1-17-15-23(25-22(28-17)9-6-10-24(25)36(34,35)33(2)3)27-16-18-11-13-19(14-12-18)20-7-4-5-8-21(20)26-29-31-32-30-26/h4-15H,16H2,1-3H3,(H,27,28)(H,29,30,31,32). The second-order valence-electron chi connectivity index (χ2n) is 8.59. The van der Waals surface area contributed by atoms with Gasteiger partial charge in [-0.2, -0.15) is 0 Å². The largest absolute Gasteiger partial charge is 0.380 e. The molecule has 2 N–H and O–H groups in total. The second kappa shape index (κ2) is 9.48. The summed E-state index contributed by atoms with van der Waals surface area (Å²) in [6, 6.07) is 23.2. The SMILES string of the molecule is Cc1cc(NCc2ccc(-c3ccccc3-c3nnn[nH]3)cc2)c2c(S(=O)(=O)N(C)C)cccc2n1. The smallest absolute Gasteiger partial charge is 0.243 e. The molecule has 2 aromatic heterocycles. The monoisotopic (exact) mass is 499 g/mol. The van der Waals surface area contributed by atoms with E-state index in [1.54, 1.807) is 12.1 Å². The van der Waals surface area contributed by atoms with Crippen LogP contribution in [-0.2, 0) is 16.6 Å². The number of sulfonamides is 1. The highest BCUT2D eigenvalue weighted by atomic mass is 32.2. The van der Waals surface area contributed by atoms with Gasteiger partial charge in [-0.3, -0.25) is 4.98 Å². The molecular formula is C26H25N7O2S. The third-order valence-electron chi connectivity index (χ3n) is 5.96. The molecule has 0 amide bonds. The fourth-order valence-corrected chi connectivity index (χ4v) is 5.27. The molecule has 0 aliphatic heterocycles. The van der Waals surface area contributed by atoms with E-state index in [4.69, 9.17) is 0 Å². The number of rotatable bonds is 7. The van der Waals surface area contributed by atoms with Crippen LogP contribution < -0.4 is 5.32 Å². The Balaban J connectivity index is 1.45. The van der Waals surface area contributed by atoms with Gasteiger partial charge < -0.3 is 5.32 Å². The van der Waals surface area contributed by atoms with E-state index in [9.17, 15) is 8.42 Å². The molecule has 0 radical (unpaired) electrons. The van der Waals surface area contributed by atoms with Gasteiger partial charge in [-0.1, -0.05) is 54.6 Å². The fraction of sp³-hybridized carbons (Fsp3) is 0.154. The highest BCUT2D eigenvalue weighted by molar-refractivity contribution is 7.89. The van der Waals surface area contributed by atoms with Crippen LogP contribution in [-0.4, -0.2) is 52.4 Å². The first-order chi connectivity index (χ1) is 17.3. The average molecular weight is 500 g/mol. The van der Waals surface area contributed by atoms with Crippen LogP contribution in [0.1, 0.15) is 11.3 Å². The number of anilines is 1. The molecule has 9 nitrogen and oxygen atoms in total. The Labute approximate surface area is 209 Å². The van der Waals surface area contributed by atoms with Crippen molar-refractivity contribution in [3.8, 4) is 22.5 Å². The van der Waals surface area contributed by atoms with Crippen LogP contribution in [0.4, 0.5) is 5.69 Å². The number of hydrogen-bond acceptors (Lipinski definition) is 7. The first kappa shape index (κ1) is 23.6. The predicted molar refractivity (Wildman–Crippen MR) is 140 cm³/mol. The summed E-state index contributed by atoms with van der Waals surface area (Å²) in [5.41, 5.74) is 6.19. The minimum absolute atomic E-state index is 0.230. The molecule has 0 unspecified atom stereocenters. The average Bonchev–Trinajstić information content (AvgIpc) is 3.42. The summed E-state index contributed by atoms with van der Waals surface area (Å²) in [7, 11) is -0.586. The number of tetrazole rings is 1. The number of aromatic amines is 1. The van der Waals surface area contributed by atoms with Crippen LogP contribution in [0.25, 0.3) is 33.4 Å². The first-order valence-corrected chi connectivity index (χ1v) is 12.8. The molecule has 0 saturated carbocycles. The van der Waals surface area contributed by atoms with Crippen LogP contribution in [0.5, 0.6) is 0 Å². The Morgan fingerprint density at radius 1 is 0.944 bits per heavy atom. The molecule has 36 heavy (non-hydrogen) atoms. The summed E-state index contributed by atoms with van der Waals surface area (Å²) in [5.74, 6) is 0.611. The maximum atomic E-state index is 13.0. The van der Waals surface area contributed by atoms with Crippen molar-refractivity contribution in [3.05, 3.63) is 84.1 Å². The quantitative estimate of drug-likeness (QED) is 0.344. The molecule has 3 aromatic carbocycles. The maximum Gasteiger partial charge on any atom is 0.243 e. The summed E-state index contributed by atoms with van der Waals surface area (Å²) in [5, 5.41) is 18.3. The molecule has 0 aliphatic rings. The van der Waals surface area contributed by atoms with Crippen molar-refractivity contribution in [2.75, 3.05) is 19.4 Å². The zero-order valence-electron chi connectivity index (χ0n) is 20.1. The van der Waals surface area contributed by atoms with Gasteiger partial charge in [-0.25, -0.2) is 17.8 Å². The van der Waals surface area contributed by atoms with Gasteiger partial charge in [-0.05, 0) is 52.2 Å². The van der Waals surface area contributed by atoms with E-state index in [0.29, 0.717) is 23.3 Å². The van der Waals surface area contributed by atoms with Gasteiger partial charge in [0.2, 0.25) is 10.0 Å². The number of H-pyrrole nitrogens is 1. The van der Waals surface area contributed by atoms with Crippen molar-refractivity contribution < 1.29 is 8.42 Å². The minimum atomic E-state index is -3.64. The van der Waals surface area contributed by atoms with Crippen LogP contribution >= 0.6 is 0 Å². The van der Waals surface area contributed by atoms with Gasteiger partial charge in [0.25, 0.3) is 0 Å². The molecule has 10 heteroatoms. The second-order valence-corrected chi connectivity index (χ2v) is 10.7. The zero-order valence-corrected chi connectivity index (χ0v) is 20.9. The Hall–Kier alpha value is -4.15. The number of benzene rings is 3. The number of fused-ring (bicyclic) bond motifs is 1. The Bertz CT molecular complexity index is 1630. The zero-order chi connectivity index (χ0) is 25.3. The van der Waals surface area contributed by atoms with Gasteiger partial charge in [0.05, 0.1) is 10.4 Å². The van der Waals surface area contributed by atoms with Gasteiger partial charge in [-0.15, -0.1) is 5.10 Å². The summed E-state index contributed by atoms with van der Waals surface area (Å²) < 4.78 is 27.2. The Morgan fingerprint density at radius 3 is 2.39 bits per heavy atom. The summed E-state index contributed by atoms with van der Waals surface area (Å²) in [6.07, 6.45) is 0. The molecule has 2 heterocycles. The third kappa shape index (κ3) is 4.43. The molecule has 5 aromatic rings. The van der Waals surface area contributed by atoms with Crippen LogP contribution in [0, 0.1) is 6.92 Å². The van der Waals surface area contributed by atoms with Gasteiger partial charge >= 0.3 is 0 Å². The van der Waals surface area contributed by atoms with E-state index in [2.05, 4.69) is 43.1 Å². The normalized spacial score (nSPS) is 11.8. The van der Waals surface area contributed by atoms with Gasteiger partial charge in [0, 0.05) is 43.0 Å². The molecule has 0 bridgehead atoms. The molecular weight excluding hydrogens is 474 g/mol. The number of pyridine rings is 1. The van der Waals surface area contributed by atoms with Crippen molar-refractivity contribution >= 4 is 26.6 Å². The van der Waals surface area contributed by atoms with Crippen molar-refractivity contribution in [2.45, 2.75) is 18.4 Å². The van der Waals surface area contributed by atoms with Crippen LogP contribution in [0.3, 0.4) is 0 Å². The highest BCUT2D eigenvalue weighted by Crippen LogP contribution is 2.32. The molecule has 0 saturated heterocycles. The van der Waals surface area contributed by atoms with Gasteiger partial charge in [0.1, 0.15) is 0 Å². The molecule has 5 rings (SSSR count). The number of aryl methyl sites for hydroxylation is 1. The molecule has 0 atom stereocenters. The van der Waals surface area contributed by atoms with Gasteiger partial charge in [0.15, 0.2) is 5.82 Å². The Kier molecular flexibility index (Phi) is 6.21. The van der Waals surface area contributed by atoms with Crippen molar-refractivity contribution in [1.82, 2.24) is 29.9 Å². The first-order valence-electron chi connectivity index (χ1n) is 11.3. The Morgan fingerprint density at radius 2 is 1.69 bits per heavy atom. The number of aromatic nitrogens is 5. The summed E-state index contributed by atoms with van der Waals surface area (Å²) in [6.45, 7) is 2.41. The number of nitrogens with one attached hydrogen (secondary N) is 2. The van der Waals surface area contributed by atoms with Crippen LogP contribution in [0.15, 0.2) is 77.7 Å². The topological polar surface area (TPSA) is 117 Å². The van der Waals surface area contributed by atoms with E-state index < -0.39 is 10.0 Å². The van der Waals surface area contributed by atoms with E-state index in [-0.39, 0.29) is 4.90 Å². The predicted octanol–water partition coefficient (Wildman–Crippen LogP) is 4.25. The lowest BCUT2D eigenvalue weighted by atomic mass is 9.98. The summed E-state index contributed by atoms with van der Waals surface area (Å²) >= 11 is 0. The summed E-state index contributed by atoms with van der Waals surface area (Å²) in [4.78, 5) is 4.79. The molecule has 0 fully saturated rings. The van der Waals surface area contributed by atoms with Crippen molar-refractivity contribution in [1.29, 1.82) is 0 Å². The van der Waals surface area contributed by atoms with E-state index in [1.165, 1.54) is 18.4 Å². The van der Waals surface area contributed by atoms with Crippen LogP contribution in [0.2, 0.25) is 0 Å². The molecule has 0 spiro atoms. The fourth-order valence-electron chi connectivity index (χ4n) is 4.15. The minimum Gasteiger partial charge on any atom is -0.380 e. The van der Waals surface area contributed by atoms with E-state index in [0.717, 1.165) is 33.6 Å². The van der Waals surface area contributed by atoms with E-state index in [1.807, 2.05) is 55.5 Å². The molecule has 0 aliphatic carbocycles. The van der Waals surface area contributed by atoms with E-state index >= 15 is 0 Å². The van der Waals surface area contributed by atoms with Crippen molar-refractivity contribution in [2.24, 2.45) is 0 Å². The third-order valence-corrected chi connectivity index (χ3v) is 7.82. The number of hydrogen-bond donors (Lipinski definition) is 2.